The second-order valence-corrected chi connectivity index (χ2v) is 4.59. The van der Waals surface area contributed by atoms with Gasteiger partial charge in [-0.15, -0.1) is 0 Å². The van der Waals surface area contributed by atoms with Gasteiger partial charge in [-0.3, -0.25) is 4.57 Å². The van der Waals surface area contributed by atoms with Gasteiger partial charge >= 0.3 is 11.6 Å². The van der Waals surface area contributed by atoms with E-state index in [0.29, 0.717) is 4.57 Å². The predicted octanol–water partition coefficient (Wildman–Crippen LogP) is -0.510. The first-order valence-electron chi connectivity index (χ1n) is 6.03. The van der Waals surface area contributed by atoms with Gasteiger partial charge in [0.25, 0.3) is 0 Å². The Morgan fingerprint density at radius 3 is 2.85 bits per heavy atom. The molecule has 1 aliphatic rings. The van der Waals surface area contributed by atoms with Crippen LogP contribution >= 0.6 is 0 Å². The van der Waals surface area contributed by atoms with Crippen molar-refractivity contribution in [3.63, 3.8) is 0 Å². The van der Waals surface area contributed by atoms with Crippen molar-refractivity contribution < 1.29 is 23.7 Å². The molecule has 1 aromatic rings. The Morgan fingerprint density at radius 1 is 1.65 bits per heavy atom. The highest BCUT2D eigenvalue weighted by Gasteiger charge is 2.61. The van der Waals surface area contributed by atoms with Crippen LogP contribution in [0.2, 0.25) is 0 Å². The topological polar surface area (TPSA) is 111 Å². The number of anilines is 1. The molecule has 1 fully saturated rings. The zero-order valence-corrected chi connectivity index (χ0v) is 10.6. The highest BCUT2D eigenvalue weighted by atomic mass is 19.3. The fourth-order valence-corrected chi connectivity index (χ4v) is 2.07. The lowest BCUT2D eigenvalue weighted by molar-refractivity contribution is -0.141. The molecule has 0 aromatic carbocycles. The molecule has 0 bridgehead atoms. The van der Waals surface area contributed by atoms with Crippen LogP contribution in [0.15, 0.2) is 17.1 Å². The summed E-state index contributed by atoms with van der Waals surface area (Å²) >= 11 is 0. The van der Waals surface area contributed by atoms with Gasteiger partial charge in [-0.25, -0.2) is 4.79 Å². The smallest absolute Gasteiger partial charge is 0.351 e. The van der Waals surface area contributed by atoms with E-state index >= 15 is 0 Å². The maximum atomic E-state index is 14.0. The molecule has 4 atom stereocenters. The van der Waals surface area contributed by atoms with Gasteiger partial charge in [-0.1, -0.05) is 6.92 Å². The number of aliphatic hydroxyl groups excluding tert-OH is 2. The lowest BCUT2D eigenvalue weighted by atomic mass is 10.0. The molecule has 9 heteroatoms. The lowest BCUT2D eigenvalue weighted by Crippen LogP contribution is -2.43. The van der Waals surface area contributed by atoms with Crippen molar-refractivity contribution in [3.8, 4) is 0 Å². The summed E-state index contributed by atoms with van der Waals surface area (Å²) in [5.74, 6) is -3.85. The molecule has 4 unspecified atom stereocenters. The number of hydrogen-bond acceptors (Lipinski definition) is 6. The Kier molecular flexibility index (Phi) is 3.76. The van der Waals surface area contributed by atoms with Crippen LogP contribution in [0.3, 0.4) is 0 Å². The average molecular weight is 291 g/mol. The fraction of sp³-hybridized carbons (Fsp3) is 0.636. The van der Waals surface area contributed by atoms with Crippen molar-refractivity contribution in [3.05, 3.63) is 22.7 Å². The van der Waals surface area contributed by atoms with Crippen molar-refractivity contribution in [2.24, 2.45) is 0 Å². The number of alkyl halides is 2. The number of aromatic nitrogens is 2. The molecule has 0 radical (unpaired) electrons. The number of nitrogen functional groups attached to an aromatic ring is 1. The monoisotopic (exact) mass is 291 g/mol. The SMILES string of the molecule is CCC(O)C1OC(n2ccc(N)nc2=O)C(F)(F)C1O. The average Bonchev–Trinajstić information content (AvgIpc) is 2.61. The third-order valence-electron chi connectivity index (χ3n) is 3.22. The summed E-state index contributed by atoms with van der Waals surface area (Å²) in [4.78, 5) is 14.9. The number of ether oxygens (including phenoxy) is 1. The quantitative estimate of drug-likeness (QED) is 0.692. The largest absolute Gasteiger partial charge is 0.390 e. The fourth-order valence-electron chi connectivity index (χ4n) is 2.07. The van der Waals surface area contributed by atoms with Crippen molar-refractivity contribution >= 4 is 5.82 Å². The maximum absolute atomic E-state index is 14.0. The summed E-state index contributed by atoms with van der Waals surface area (Å²) in [6.07, 6.45) is -5.87. The Balaban J connectivity index is 2.39. The summed E-state index contributed by atoms with van der Waals surface area (Å²) in [6, 6.07) is 1.16. The third-order valence-corrected chi connectivity index (χ3v) is 3.22. The highest BCUT2D eigenvalue weighted by molar-refractivity contribution is 5.23. The molecule has 20 heavy (non-hydrogen) atoms. The summed E-state index contributed by atoms with van der Waals surface area (Å²) in [6.45, 7) is 1.56. The number of halogens is 2. The van der Waals surface area contributed by atoms with Gasteiger partial charge in [-0.05, 0) is 12.5 Å². The van der Waals surface area contributed by atoms with Gasteiger partial charge in [0.2, 0.25) is 6.23 Å². The van der Waals surface area contributed by atoms with E-state index < -0.39 is 36.2 Å². The zero-order valence-electron chi connectivity index (χ0n) is 10.6. The van der Waals surface area contributed by atoms with Crippen LogP contribution in [0.4, 0.5) is 14.6 Å². The van der Waals surface area contributed by atoms with E-state index in [1.807, 2.05) is 0 Å². The van der Waals surface area contributed by atoms with E-state index in [4.69, 9.17) is 10.5 Å². The van der Waals surface area contributed by atoms with Crippen LogP contribution < -0.4 is 11.4 Å². The lowest BCUT2D eigenvalue weighted by Gasteiger charge is -2.21. The van der Waals surface area contributed by atoms with E-state index in [1.165, 1.54) is 0 Å². The first-order chi connectivity index (χ1) is 9.28. The minimum absolute atomic E-state index is 0.113. The zero-order chi connectivity index (χ0) is 15.1. The molecule has 0 aliphatic carbocycles. The number of hydrogen-bond donors (Lipinski definition) is 3. The Labute approximate surface area is 112 Å². The first kappa shape index (κ1) is 14.8. The number of nitrogens with zero attached hydrogens (tertiary/aromatic N) is 2. The van der Waals surface area contributed by atoms with Crippen LogP contribution in [0.25, 0.3) is 0 Å². The molecular formula is C11H15F2N3O4. The van der Waals surface area contributed by atoms with Gasteiger partial charge in [0.15, 0.2) is 6.10 Å². The Morgan fingerprint density at radius 2 is 2.30 bits per heavy atom. The Bertz CT molecular complexity index is 551. The second-order valence-electron chi connectivity index (χ2n) is 4.59. The first-order valence-corrected chi connectivity index (χ1v) is 6.03. The van der Waals surface area contributed by atoms with E-state index in [2.05, 4.69) is 4.98 Å². The van der Waals surface area contributed by atoms with Gasteiger partial charge in [0, 0.05) is 6.20 Å². The molecule has 1 saturated heterocycles. The van der Waals surface area contributed by atoms with Crippen molar-refractivity contribution in [1.82, 2.24) is 9.55 Å². The molecule has 112 valence electrons. The number of nitrogens with two attached hydrogens (primary N) is 1. The number of rotatable bonds is 3. The summed E-state index contributed by atoms with van der Waals surface area (Å²) < 4.78 is 33.5. The molecule has 1 aliphatic heterocycles. The molecular weight excluding hydrogens is 276 g/mol. The minimum Gasteiger partial charge on any atom is -0.390 e. The van der Waals surface area contributed by atoms with Crippen molar-refractivity contribution in [1.29, 1.82) is 0 Å². The van der Waals surface area contributed by atoms with Crippen LogP contribution in [-0.4, -0.2) is 44.0 Å². The van der Waals surface area contributed by atoms with Gasteiger partial charge < -0.3 is 20.7 Å². The minimum atomic E-state index is -3.73. The van der Waals surface area contributed by atoms with E-state index in [9.17, 15) is 23.8 Å². The van der Waals surface area contributed by atoms with Crippen molar-refractivity contribution in [2.75, 3.05) is 5.73 Å². The second kappa shape index (κ2) is 5.08. The summed E-state index contributed by atoms with van der Waals surface area (Å²) in [5, 5.41) is 19.2. The van der Waals surface area contributed by atoms with Crippen LogP contribution in [0, 0.1) is 0 Å². The molecule has 2 rings (SSSR count). The summed E-state index contributed by atoms with van der Waals surface area (Å²) in [7, 11) is 0. The Hall–Kier alpha value is -1.58. The molecule has 7 nitrogen and oxygen atoms in total. The molecule has 0 spiro atoms. The van der Waals surface area contributed by atoms with Crippen molar-refractivity contribution in [2.45, 2.75) is 43.8 Å². The van der Waals surface area contributed by atoms with Gasteiger partial charge in [0.1, 0.15) is 11.9 Å². The normalized spacial score (nSPS) is 30.4. The maximum Gasteiger partial charge on any atom is 0.351 e. The third kappa shape index (κ3) is 2.28. The van der Waals surface area contributed by atoms with Gasteiger partial charge in [-0.2, -0.15) is 13.8 Å². The molecule has 0 amide bonds. The molecule has 4 N–H and O–H groups in total. The van der Waals surface area contributed by atoms with E-state index in [1.54, 1.807) is 6.92 Å². The highest BCUT2D eigenvalue weighted by Crippen LogP contribution is 2.43. The molecule has 2 heterocycles. The van der Waals surface area contributed by atoms with Crippen LogP contribution in [-0.2, 0) is 4.74 Å². The van der Waals surface area contributed by atoms with E-state index in [0.717, 1.165) is 12.3 Å². The predicted molar refractivity (Wildman–Crippen MR) is 64.1 cm³/mol. The summed E-state index contributed by atoms with van der Waals surface area (Å²) in [5.41, 5.74) is 4.26. The standard InChI is InChI=1S/C11H15F2N3O4/c1-2-5(17)7-8(18)11(12,13)9(20-7)16-4-3-6(14)15-10(16)19/h3-5,7-9,17-18H,2H2,1H3,(H2,14,15,19). The van der Waals surface area contributed by atoms with Gasteiger partial charge in [0.05, 0.1) is 6.10 Å². The number of aliphatic hydroxyl groups is 2. The van der Waals surface area contributed by atoms with Crippen LogP contribution in [0.1, 0.15) is 19.6 Å². The molecule has 0 saturated carbocycles. The molecule has 1 aromatic heterocycles. The van der Waals surface area contributed by atoms with E-state index in [-0.39, 0.29) is 12.2 Å². The van der Waals surface area contributed by atoms with Crippen LogP contribution in [0.5, 0.6) is 0 Å².